The van der Waals surface area contributed by atoms with Crippen LogP contribution < -0.4 is 4.90 Å². The predicted molar refractivity (Wildman–Crippen MR) is 163 cm³/mol. The van der Waals surface area contributed by atoms with Crippen molar-refractivity contribution in [3.8, 4) is 11.3 Å². The van der Waals surface area contributed by atoms with Crippen LogP contribution in [0.25, 0.3) is 22.2 Å². The number of pyridine rings is 1. The van der Waals surface area contributed by atoms with Gasteiger partial charge in [0.05, 0.1) is 34.3 Å². The normalized spacial score (nSPS) is 20.1. The fourth-order valence-electron chi connectivity index (χ4n) is 5.87. The van der Waals surface area contributed by atoms with Crippen LogP contribution in [-0.4, -0.2) is 35.2 Å². The molecule has 2 aliphatic rings. The van der Waals surface area contributed by atoms with Gasteiger partial charge in [0.15, 0.2) is 12.4 Å². The third-order valence-electron chi connectivity index (χ3n) is 8.10. The fraction of sp³-hybridized carbons (Fsp3) is 0.242. The second kappa shape index (κ2) is 11.4. The molecule has 2 amide bonds. The van der Waals surface area contributed by atoms with Gasteiger partial charge in [0.25, 0.3) is 0 Å². The van der Waals surface area contributed by atoms with Gasteiger partial charge in [0, 0.05) is 26.0 Å². The molecule has 3 aromatic carbocycles. The molecule has 9 heteroatoms. The zero-order valence-electron chi connectivity index (χ0n) is 22.7. The zero-order chi connectivity index (χ0) is 29.5. The van der Waals surface area contributed by atoms with Crippen LogP contribution >= 0.6 is 27.5 Å². The number of esters is 1. The van der Waals surface area contributed by atoms with Crippen molar-refractivity contribution < 1.29 is 23.9 Å². The highest BCUT2D eigenvalue weighted by Crippen LogP contribution is 2.42. The maximum absolute atomic E-state index is 13.3. The summed E-state index contributed by atoms with van der Waals surface area (Å²) in [4.78, 5) is 58.2. The number of amides is 2. The van der Waals surface area contributed by atoms with Gasteiger partial charge in [0.1, 0.15) is 0 Å². The average molecular weight is 646 g/mol. The lowest BCUT2D eigenvalue weighted by Gasteiger charge is -2.25. The number of carbonyl (C=O) groups is 4. The van der Waals surface area contributed by atoms with Crippen molar-refractivity contribution >= 4 is 67.7 Å². The maximum Gasteiger partial charge on any atom is 0.339 e. The number of aromatic nitrogens is 1. The van der Waals surface area contributed by atoms with E-state index in [2.05, 4.69) is 22.9 Å². The van der Waals surface area contributed by atoms with E-state index in [1.54, 1.807) is 66.7 Å². The van der Waals surface area contributed by atoms with E-state index in [0.29, 0.717) is 44.4 Å². The molecule has 0 bridgehead atoms. The number of anilines is 1. The Labute approximate surface area is 256 Å². The third-order valence-corrected chi connectivity index (χ3v) is 8.85. The molecular formula is C33H26BrClN2O5. The summed E-state index contributed by atoms with van der Waals surface area (Å²) in [5.74, 6) is -1.32. The standard InChI is InChI=1S/C33H26BrClN2O5/c1-18-2-12-24-26(14-18)32(40)37(31(24)39)23-10-5-19(6-11-23)29-16-27(25-15-21(34)7-13-28(25)36-29)33(41)42-17-30(38)20-3-8-22(35)9-4-20/h3-11,13,15-16,18,24,26H,2,12,14,17H2,1H3. The van der Waals surface area contributed by atoms with Crippen molar-refractivity contribution in [2.45, 2.75) is 26.2 Å². The van der Waals surface area contributed by atoms with Gasteiger partial charge < -0.3 is 4.74 Å². The molecule has 0 spiro atoms. The van der Waals surface area contributed by atoms with Crippen LogP contribution in [0.5, 0.6) is 0 Å². The average Bonchev–Trinajstić information content (AvgIpc) is 3.24. The van der Waals surface area contributed by atoms with Gasteiger partial charge in [-0.25, -0.2) is 9.78 Å². The lowest BCUT2D eigenvalue weighted by molar-refractivity contribution is -0.122. The van der Waals surface area contributed by atoms with Crippen LogP contribution in [-0.2, 0) is 14.3 Å². The first-order valence-electron chi connectivity index (χ1n) is 13.7. The molecule has 0 N–H and O–H groups in total. The molecule has 212 valence electrons. The van der Waals surface area contributed by atoms with E-state index in [-0.39, 0.29) is 35.0 Å². The molecular weight excluding hydrogens is 620 g/mol. The van der Waals surface area contributed by atoms with E-state index in [0.717, 1.165) is 23.7 Å². The second-order valence-corrected chi connectivity index (χ2v) is 12.3. The Bertz CT molecular complexity index is 1740. The monoisotopic (exact) mass is 644 g/mol. The number of halogens is 2. The minimum Gasteiger partial charge on any atom is -0.454 e. The molecule has 2 fully saturated rings. The quantitative estimate of drug-likeness (QED) is 0.124. The number of ketones is 1. The minimum absolute atomic E-state index is 0.128. The van der Waals surface area contributed by atoms with Crippen molar-refractivity contribution in [1.29, 1.82) is 0 Å². The molecule has 3 atom stereocenters. The van der Waals surface area contributed by atoms with E-state index in [4.69, 9.17) is 21.3 Å². The van der Waals surface area contributed by atoms with Crippen LogP contribution in [0, 0.1) is 17.8 Å². The first-order valence-corrected chi connectivity index (χ1v) is 14.9. The van der Waals surface area contributed by atoms with Gasteiger partial charge in [0.2, 0.25) is 11.8 Å². The number of imide groups is 1. The summed E-state index contributed by atoms with van der Waals surface area (Å²) >= 11 is 9.35. The van der Waals surface area contributed by atoms with E-state index < -0.39 is 12.6 Å². The van der Waals surface area contributed by atoms with Crippen molar-refractivity contribution in [2.24, 2.45) is 17.8 Å². The van der Waals surface area contributed by atoms with E-state index in [1.165, 1.54) is 4.90 Å². The number of hydrogen-bond donors (Lipinski definition) is 0. The molecule has 7 nitrogen and oxygen atoms in total. The summed E-state index contributed by atoms with van der Waals surface area (Å²) in [6, 6.07) is 20.4. The first kappa shape index (κ1) is 28.2. The number of carbonyl (C=O) groups excluding carboxylic acids is 4. The van der Waals surface area contributed by atoms with E-state index in [1.807, 2.05) is 6.07 Å². The number of benzene rings is 3. The number of fused-ring (bicyclic) bond motifs is 2. The van der Waals surface area contributed by atoms with E-state index >= 15 is 0 Å². The van der Waals surface area contributed by atoms with Crippen molar-refractivity contribution in [2.75, 3.05) is 11.5 Å². The van der Waals surface area contributed by atoms with Gasteiger partial charge in [-0.3, -0.25) is 19.3 Å². The van der Waals surface area contributed by atoms with Gasteiger partial charge in [-0.2, -0.15) is 0 Å². The molecule has 1 aliphatic carbocycles. The molecule has 1 saturated heterocycles. The molecule has 2 heterocycles. The topological polar surface area (TPSA) is 93.6 Å². The highest BCUT2D eigenvalue weighted by Gasteiger charge is 2.49. The Hall–Kier alpha value is -3.88. The predicted octanol–water partition coefficient (Wildman–Crippen LogP) is 7.28. The highest BCUT2D eigenvalue weighted by molar-refractivity contribution is 9.10. The van der Waals surface area contributed by atoms with Gasteiger partial charge in [-0.1, -0.05) is 46.6 Å². The van der Waals surface area contributed by atoms with E-state index in [9.17, 15) is 19.2 Å². The Morgan fingerprint density at radius 1 is 0.952 bits per heavy atom. The number of Topliss-reactive ketones (excluding diaryl/α,β-unsaturated/α-hetero) is 1. The second-order valence-electron chi connectivity index (χ2n) is 10.9. The zero-order valence-corrected chi connectivity index (χ0v) is 25.0. The number of nitrogens with zero attached hydrogens (tertiary/aromatic N) is 2. The van der Waals surface area contributed by atoms with Crippen LogP contribution in [0.1, 0.15) is 46.9 Å². The number of hydrogen-bond acceptors (Lipinski definition) is 6. The summed E-state index contributed by atoms with van der Waals surface area (Å²) in [7, 11) is 0. The van der Waals surface area contributed by atoms with Gasteiger partial charge in [-0.15, -0.1) is 0 Å². The highest BCUT2D eigenvalue weighted by atomic mass is 79.9. The summed E-state index contributed by atoms with van der Waals surface area (Å²) in [6.07, 6.45) is 2.44. The molecule has 1 aromatic heterocycles. The largest absolute Gasteiger partial charge is 0.454 e. The maximum atomic E-state index is 13.3. The van der Waals surface area contributed by atoms with Crippen LogP contribution in [0.2, 0.25) is 5.02 Å². The Balaban J connectivity index is 1.27. The number of ether oxygens (including phenoxy) is 1. The van der Waals surface area contributed by atoms with Crippen LogP contribution in [0.4, 0.5) is 5.69 Å². The molecule has 1 aliphatic heterocycles. The molecule has 1 saturated carbocycles. The molecule has 4 aromatic rings. The smallest absolute Gasteiger partial charge is 0.339 e. The van der Waals surface area contributed by atoms with Gasteiger partial charge >= 0.3 is 5.97 Å². The van der Waals surface area contributed by atoms with Crippen LogP contribution in [0.15, 0.2) is 77.3 Å². The first-order chi connectivity index (χ1) is 20.2. The molecule has 42 heavy (non-hydrogen) atoms. The lowest BCUT2D eigenvalue weighted by Crippen LogP contribution is -2.30. The van der Waals surface area contributed by atoms with Crippen LogP contribution in [0.3, 0.4) is 0 Å². The lowest BCUT2D eigenvalue weighted by atomic mass is 9.76. The molecule has 0 radical (unpaired) electrons. The fourth-order valence-corrected chi connectivity index (χ4v) is 6.36. The number of rotatable bonds is 6. The van der Waals surface area contributed by atoms with Crippen molar-refractivity contribution in [3.63, 3.8) is 0 Å². The van der Waals surface area contributed by atoms with Crippen molar-refractivity contribution in [1.82, 2.24) is 4.98 Å². The Morgan fingerprint density at radius 2 is 1.67 bits per heavy atom. The SMILES string of the molecule is CC1CCC2C(=O)N(c3ccc(-c4cc(C(=O)OCC(=O)c5ccc(Cl)cc5)c5cc(Br)ccc5n4)cc3)C(=O)C2C1. The molecule has 3 unspecified atom stereocenters. The Morgan fingerprint density at radius 3 is 2.40 bits per heavy atom. The summed E-state index contributed by atoms with van der Waals surface area (Å²) in [5.41, 5.74) is 2.94. The minimum atomic E-state index is -0.661. The summed E-state index contributed by atoms with van der Waals surface area (Å²) in [6.45, 7) is 1.70. The molecule has 6 rings (SSSR count). The summed E-state index contributed by atoms with van der Waals surface area (Å²) < 4.78 is 6.19. The van der Waals surface area contributed by atoms with Crippen molar-refractivity contribution in [3.05, 3.63) is 93.4 Å². The Kier molecular flexibility index (Phi) is 7.68. The summed E-state index contributed by atoms with van der Waals surface area (Å²) in [5, 5.41) is 1.07. The third kappa shape index (κ3) is 5.37. The van der Waals surface area contributed by atoms with Gasteiger partial charge in [-0.05, 0) is 85.8 Å².